The van der Waals surface area contributed by atoms with E-state index in [1.165, 1.54) is 24.3 Å². The van der Waals surface area contributed by atoms with Crippen LogP contribution in [0.5, 0.6) is 0 Å². The Labute approximate surface area is 141 Å². The molecule has 0 aliphatic carbocycles. The highest BCUT2D eigenvalue weighted by Gasteiger charge is 2.25. The molecule has 128 valence electrons. The van der Waals surface area contributed by atoms with Gasteiger partial charge in [0.05, 0.1) is 22.8 Å². The number of nitrogens with zero attached hydrogens (tertiary/aromatic N) is 3. The number of carboxylic acid groups (broad SMARTS) is 1. The van der Waals surface area contributed by atoms with Gasteiger partial charge in [0.1, 0.15) is 6.54 Å². The largest absolute Gasteiger partial charge is 0.480 e. The maximum atomic E-state index is 12.7. The van der Waals surface area contributed by atoms with Crippen molar-refractivity contribution in [1.29, 1.82) is 0 Å². The van der Waals surface area contributed by atoms with Gasteiger partial charge in [-0.05, 0) is 12.1 Å². The van der Waals surface area contributed by atoms with Crippen LogP contribution in [-0.4, -0.2) is 33.4 Å². The molecule has 0 saturated heterocycles. The SMILES string of the molecule is [2H]c1c(C(=O)N(CC(=O)O)c2ccccc2)cc([N+](=O)[O-])cc1[N+](=O)[O-]. The van der Waals surface area contributed by atoms with Crippen molar-refractivity contribution >= 4 is 28.9 Å². The van der Waals surface area contributed by atoms with Crippen molar-refractivity contribution < 1.29 is 25.9 Å². The van der Waals surface area contributed by atoms with Gasteiger partial charge in [-0.15, -0.1) is 0 Å². The first-order valence-corrected chi connectivity index (χ1v) is 6.74. The van der Waals surface area contributed by atoms with Crippen LogP contribution in [0.2, 0.25) is 0 Å². The summed E-state index contributed by atoms with van der Waals surface area (Å²) < 4.78 is 7.82. The van der Waals surface area contributed by atoms with Gasteiger partial charge in [0.15, 0.2) is 0 Å². The molecule has 25 heavy (non-hydrogen) atoms. The highest BCUT2D eigenvalue weighted by atomic mass is 16.6. The van der Waals surface area contributed by atoms with E-state index in [4.69, 9.17) is 6.48 Å². The number of para-hydroxylation sites is 1. The Kier molecular flexibility index (Phi) is 4.60. The van der Waals surface area contributed by atoms with Crippen molar-refractivity contribution in [1.82, 2.24) is 0 Å². The molecule has 0 unspecified atom stereocenters. The van der Waals surface area contributed by atoms with Gasteiger partial charge in [-0.1, -0.05) is 18.2 Å². The number of hydrogen-bond donors (Lipinski definition) is 1. The van der Waals surface area contributed by atoms with E-state index in [9.17, 15) is 29.8 Å². The van der Waals surface area contributed by atoms with Gasteiger partial charge in [0, 0.05) is 17.8 Å². The summed E-state index contributed by atoms with van der Waals surface area (Å²) in [5.74, 6) is -2.44. The number of nitro groups is 2. The Morgan fingerprint density at radius 3 is 2.20 bits per heavy atom. The van der Waals surface area contributed by atoms with Crippen LogP contribution in [0.1, 0.15) is 11.7 Å². The van der Waals surface area contributed by atoms with E-state index >= 15 is 0 Å². The van der Waals surface area contributed by atoms with Gasteiger partial charge >= 0.3 is 5.97 Å². The third kappa shape index (κ3) is 4.13. The standard InChI is InChI=1S/C15H11N3O7/c19-14(20)9-16(11-4-2-1-3-5-11)15(21)10-6-12(17(22)23)8-13(7-10)18(24)25/h1-8H,9H2,(H,19,20)/i6D. The molecule has 2 aromatic rings. The number of carbonyl (C=O) groups excluding carboxylic acids is 1. The van der Waals surface area contributed by atoms with Gasteiger partial charge in [-0.3, -0.25) is 34.7 Å². The average Bonchev–Trinajstić information content (AvgIpc) is 2.59. The lowest BCUT2D eigenvalue weighted by Gasteiger charge is -2.20. The molecule has 0 bridgehead atoms. The Bertz CT molecular complexity index is 902. The zero-order chi connectivity index (χ0) is 19.4. The van der Waals surface area contributed by atoms with Crippen LogP contribution in [0, 0.1) is 20.2 Å². The van der Waals surface area contributed by atoms with Crippen LogP contribution in [0.25, 0.3) is 0 Å². The fourth-order valence-corrected chi connectivity index (χ4v) is 2.03. The van der Waals surface area contributed by atoms with Gasteiger partial charge < -0.3 is 5.11 Å². The van der Waals surface area contributed by atoms with Gasteiger partial charge in [0.2, 0.25) is 0 Å². The first-order valence-electron chi connectivity index (χ1n) is 7.24. The minimum Gasteiger partial charge on any atom is -0.480 e. The molecule has 0 radical (unpaired) electrons. The van der Waals surface area contributed by atoms with E-state index in [0.29, 0.717) is 6.07 Å². The lowest BCUT2D eigenvalue weighted by atomic mass is 10.1. The quantitative estimate of drug-likeness (QED) is 0.623. The zero-order valence-corrected chi connectivity index (χ0v) is 12.5. The van der Waals surface area contributed by atoms with Crippen molar-refractivity contribution in [3.63, 3.8) is 0 Å². The molecule has 0 fully saturated rings. The minimum atomic E-state index is -1.37. The molecule has 0 saturated carbocycles. The number of rotatable bonds is 6. The fourth-order valence-electron chi connectivity index (χ4n) is 2.03. The summed E-state index contributed by atoms with van der Waals surface area (Å²) in [6.45, 7) is -0.793. The van der Waals surface area contributed by atoms with Crippen LogP contribution in [0.4, 0.5) is 17.1 Å². The molecule has 2 rings (SSSR count). The van der Waals surface area contributed by atoms with E-state index in [2.05, 4.69) is 0 Å². The topological polar surface area (TPSA) is 144 Å². The molecule has 0 atom stereocenters. The predicted molar refractivity (Wildman–Crippen MR) is 85.5 cm³/mol. The smallest absolute Gasteiger partial charge is 0.323 e. The van der Waals surface area contributed by atoms with Gasteiger partial charge in [-0.2, -0.15) is 0 Å². The van der Waals surface area contributed by atoms with Crippen LogP contribution >= 0.6 is 0 Å². The molecular formula is C15H11N3O7. The number of anilines is 1. The van der Waals surface area contributed by atoms with Crippen LogP contribution < -0.4 is 4.90 Å². The first kappa shape index (κ1) is 16.1. The average molecular weight is 346 g/mol. The number of nitro benzene ring substituents is 2. The molecule has 1 N–H and O–H groups in total. The molecular weight excluding hydrogens is 334 g/mol. The molecule has 0 aromatic heterocycles. The molecule has 0 aliphatic rings. The van der Waals surface area contributed by atoms with Crippen molar-refractivity contribution in [3.8, 4) is 0 Å². The molecule has 2 aromatic carbocycles. The molecule has 10 heteroatoms. The summed E-state index contributed by atoms with van der Waals surface area (Å²) >= 11 is 0. The molecule has 1 amide bonds. The van der Waals surface area contributed by atoms with Crippen LogP contribution in [0.15, 0.2) is 48.5 Å². The fraction of sp³-hybridized carbons (Fsp3) is 0.0667. The third-order valence-electron chi connectivity index (χ3n) is 3.08. The second-order valence-corrected chi connectivity index (χ2v) is 4.77. The summed E-state index contributed by atoms with van der Waals surface area (Å²) in [5, 5.41) is 31.1. The Morgan fingerprint density at radius 1 is 1.08 bits per heavy atom. The van der Waals surface area contributed by atoms with Crippen molar-refractivity contribution in [2.24, 2.45) is 0 Å². The van der Waals surface area contributed by atoms with E-state index in [1.54, 1.807) is 6.07 Å². The minimum absolute atomic E-state index is 0.161. The number of non-ortho nitro benzene ring substituents is 1. The number of hydrogen-bond acceptors (Lipinski definition) is 6. The Hall–Kier alpha value is -3.82. The zero-order valence-electron chi connectivity index (χ0n) is 13.5. The molecule has 0 spiro atoms. The van der Waals surface area contributed by atoms with E-state index < -0.39 is 51.2 Å². The van der Waals surface area contributed by atoms with E-state index in [0.717, 1.165) is 11.0 Å². The highest BCUT2D eigenvalue weighted by molar-refractivity contribution is 6.08. The number of carboxylic acids is 1. The summed E-state index contributed by atoms with van der Waals surface area (Å²) in [7, 11) is 0. The summed E-state index contributed by atoms with van der Waals surface area (Å²) in [6.07, 6.45) is 0. The lowest BCUT2D eigenvalue weighted by molar-refractivity contribution is -0.394. The van der Waals surface area contributed by atoms with Crippen LogP contribution in [0.3, 0.4) is 0 Å². The van der Waals surface area contributed by atoms with E-state index in [1.807, 2.05) is 0 Å². The number of amides is 1. The van der Waals surface area contributed by atoms with Crippen molar-refractivity contribution in [2.75, 3.05) is 11.4 Å². The second kappa shape index (κ2) is 7.17. The van der Waals surface area contributed by atoms with Crippen molar-refractivity contribution in [2.45, 2.75) is 0 Å². The third-order valence-corrected chi connectivity index (χ3v) is 3.08. The Morgan fingerprint density at radius 2 is 1.68 bits per heavy atom. The van der Waals surface area contributed by atoms with E-state index in [-0.39, 0.29) is 5.69 Å². The van der Waals surface area contributed by atoms with Crippen molar-refractivity contribution in [3.05, 3.63) is 74.3 Å². The number of aliphatic carboxylic acids is 1. The first-order chi connectivity index (χ1) is 12.2. The summed E-state index contributed by atoms with van der Waals surface area (Å²) in [6, 6.07) is 8.01. The molecule has 0 heterocycles. The number of benzene rings is 2. The highest BCUT2D eigenvalue weighted by Crippen LogP contribution is 2.25. The molecule has 0 aliphatic heterocycles. The Balaban J connectivity index is 2.63. The summed E-state index contributed by atoms with van der Waals surface area (Å²) in [4.78, 5) is 44.7. The maximum absolute atomic E-state index is 12.7. The number of carbonyl (C=O) groups is 2. The predicted octanol–water partition coefficient (Wildman–Crippen LogP) is 2.23. The normalized spacial score (nSPS) is 10.6. The van der Waals surface area contributed by atoms with Gasteiger partial charge in [-0.25, -0.2) is 0 Å². The maximum Gasteiger partial charge on any atom is 0.323 e. The summed E-state index contributed by atoms with van der Waals surface area (Å²) in [5.41, 5.74) is -2.16. The van der Waals surface area contributed by atoms with Crippen LogP contribution in [-0.2, 0) is 4.79 Å². The second-order valence-electron chi connectivity index (χ2n) is 4.77. The lowest BCUT2D eigenvalue weighted by Crippen LogP contribution is -2.35. The van der Waals surface area contributed by atoms with Gasteiger partial charge in [0.25, 0.3) is 17.3 Å². The molecule has 10 nitrogen and oxygen atoms in total. The monoisotopic (exact) mass is 346 g/mol.